The molecule has 192 valence electrons. The van der Waals surface area contributed by atoms with Crippen LogP contribution in [0.3, 0.4) is 0 Å². The number of hydrogen-bond donors (Lipinski definition) is 0. The number of ether oxygens (including phenoxy) is 2. The first-order chi connectivity index (χ1) is 18.1. The molecule has 5 nitrogen and oxygen atoms in total. The number of amides is 1. The number of rotatable bonds is 4. The molecule has 0 aromatic heterocycles. The van der Waals surface area contributed by atoms with Crippen molar-refractivity contribution in [3.63, 3.8) is 0 Å². The van der Waals surface area contributed by atoms with Crippen LogP contribution >= 0.6 is 11.8 Å². The van der Waals surface area contributed by atoms with E-state index in [2.05, 4.69) is 52.4 Å². The van der Waals surface area contributed by atoms with Crippen LogP contribution < -0.4 is 4.74 Å². The van der Waals surface area contributed by atoms with Gasteiger partial charge < -0.3 is 14.4 Å². The van der Waals surface area contributed by atoms with Crippen molar-refractivity contribution < 1.29 is 14.3 Å². The number of aliphatic imine (C=N–C) groups is 1. The molecule has 8 rings (SSSR count). The third-order valence-electron chi connectivity index (χ3n) is 9.20. The Labute approximate surface area is 223 Å². The molecule has 0 spiro atoms. The van der Waals surface area contributed by atoms with Gasteiger partial charge in [-0.25, -0.2) is 0 Å². The summed E-state index contributed by atoms with van der Waals surface area (Å²) in [5.74, 6) is 3.50. The van der Waals surface area contributed by atoms with Gasteiger partial charge in [-0.15, -0.1) is 0 Å². The van der Waals surface area contributed by atoms with Crippen LogP contribution in [0.25, 0.3) is 17.2 Å². The lowest BCUT2D eigenvalue weighted by molar-refractivity contribution is -0.113. The third-order valence-corrected chi connectivity index (χ3v) is 10.2. The van der Waals surface area contributed by atoms with Crippen LogP contribution in [0.4, 0.5) is 0 Å². The maximum Gasteiger partial charge on any atom is 0.286 e. The number of nitrogens with zero attached hydrogens (tertiary/aromatic N) is 2. The summed E-state index contributed by atoms with van der Waals surface area (Å²) in [7, 11) is 1.78. The third kappa shape index (κ3) is 4.42. The lowest BCUT2D eigenvalue weighted by Gasteiger charge is -2.57. The number of methoxy groups -OCH3 is 1. The van der Waals surface area contributed by atoms with Gasteiger partial charge in [0.1, 0.15) is 5.75 Å². The van der Waals surface area contributed by atoms with E-state index in [1.807, 2.05) is 6.08 Å². The Kier molecular flexibility index (Phi) is 5.93. The Morgan fingerprint density at radius 3 is 2.43 bits per heavy atom. The largest absolute Gasteiger partial charge is 0.497 e. The van der Waals surface area contributed by atoms with Gasteiger partial charge in [0.2, 0.25) is 0 Å². The maximum absolute atomic E-state index is 12.7. The summed E-state index contributed by atoms with van der Waals surface area (Å²) in [6.45, 7) is 2.93. The van der Waals surface area contributed by atoms with Crippen LogP contribution in [0.5, 0.6) is 5.75 Å². The smallest absolute Gasteiger partial charge is 0.286 e. The summed E-state index contributed by atoms with van der Waals surface area (Å²) in [6, 6.07) is 15.4. The second kappa shape index (κ2) is 9.32. The summed E-state index contributed by atoms with van der Waals surface area (Å²) in [5, 5.41) is 0.795. The first-order valence-corrected chi connectivity index (χ1v) is 14.5. The normalized spacial score (nSPS) is 31.8. The molecule has 6 aliphatic rings. The van der Waals surface area contributed by atoms with E-state index in [0.717, 1.165) is 52.9 Å². The Hall–Kier alpha value is -2.57. The lowest BCUT2D eigenvalue weighted by atomic mass is 9.48. The van der Waals surface area contributed by atoms with Gasteiger partial charge in [-0.2, -0.15) is 4.99 Å². The van der Waals surface area contributed by atoms with Gasteiger partial charge >= 0.3 is 0 Å². The van der Waals surface area contributed by atoms with Crippen molar-refractivity contribution in [3.8, 4) is 16.9 Å². The first kappa shape index (κ1) is 23.5. The number of morpholine rings is 1. The van der Waals surface area contributed by atoms with Gasteiger partial charge in [-0.3, -0.25) is 4.79 Å². The van der Waals surface area contributed by atoms with Crippen molar-refractivity contribution in [2.24, 2.45) is 22.7 Å². The molecule has 37 heavy (non-hydrogen) atoms. The zero-order valence-corrected chi connectivity index (χ0v) is 22.3. The Bertz CT molecular complexity index is 1260. The topological polar surface area (TPSA) is 51.1 Å². The summed E-state index contributed by atoms with van der Waals surface area (Å²) in [6.07, 6.45) is 10.3. The fourth-order valence-electron chi connectivity index (χ4n) is 7.90. The molecule has 0 unspecified atom stereocenters. The van der Waals surface area contributed by atoms with Crippen molar-refractivity contribution in [2.45, 2.75) is 43.9 Å². The average Bonchev–Trinajstić information content (AvgIpc) is 3.28. The van der Waals surface area contributed by atoms with E-state index >= 15 is 0 Å². The summed E-state index contributed by atoms with van der Waals surface area (Å²) < 4.78 is 11.3. The molecular formula is C31H34N2O3S. The maximum atomic E-state index is 12.7. The zero-order valence-electron chi connectivity index (χ0n) is 21.4. The predicted octanol–water partition coefficient (Wildman–Crippen LogP) is 6.13. The van der Waals surface area contributed by atoms with Gasteiger partial charge in [-0.05, 0) is 120 Å². The number of carbonyl (C=O) groups is 1. The lowest BCUT2D eigenvalue weighted by Crippen LogP contribution is -2.48. The Morgan fingerprint density at radius 2 is 1.73 bits per heavy atom. The molecule has 5 fully saturated rings. The fourth-order valence-corrected chi connectivity index (χ4v) is 8.87. The predicted molar refractivity (Wildman–Crippen MR) is 149 cm³/mol. The highest BCUT2D eigenvalue weighted by molar-refractivity contribution is 8.18. The number of thioether (sulfide) groups is 1. The summed E-state index contributed by atoms with van der Waals surface area (Å²) >= 11 is 1.47. The molecule has 0 N–H and O–H groups in total. The van der Waals surface area contributed by atoms with E-state index in [1.165, 1.54) is 61.4 Å². The van der Waals surface area contributed by atoms with Gasteiger partial charge in [0.15, 0.2) is 5.17 Å². The molecule has 4 saturated carbocycles. The number of hydrogen-bond acceptors (Lipinski definition) is 5. The molecule has 2 aromatic carbocycles. The number of carbonyl (C=O) groups excluding carboxylic acids is 1. The van der Waals surface area contributed by atoms with Crippen molar-refractivity contribution >= 4 is 28.9 Å². The van der Waals surface area contributed by atoms with Gasteiger partial charge in [0.25, 0.3) is 5.91 Å². The molecular weight excluding hydrogens is 480 g/mol. The second-order valence-electron chi connectivity index (χ2n) is 11.7. The number of amidine groups is 1. The molecule has 2 aliphatic heterocycles. The minimum atomic E-state index is -0.151. The second-order valence-corrected chi connectivity index (χ2v) is 12.7. The minimum absolute atomic E-state index is 0.151. The zero-order chi connectivity index (χ0) is 25.0. The Balaban J connectivity index is 1.18. The van der Waals surface area contributed by atoms with E-state index in [-0.39, 0.29) is 5.91 Å². The van der Waals surface area contributed by atoms with Crippen LogP contribution in [0.2, 0.25) is 0 Å². The Morgan fingerprint density at radius 1 is 1.00 bits per heavy atom. The van der Waals surface area contributed by atoms with E-state index in [1.54, 1.807) is 7.11 Å². The van der Waals surface area contributed by atoms with E-state index < -0.39 is 0 Å². The summed E-state index contributed by atoms with van der Waals surface area (Å²) in [4.78, 5) is 19.8. The van der Waals surface area contributed by atoms with Crippen LogP contribution in [-0.2, 0) is 14.9 Å². The van der Waals surface area contributed by atoms with Crippen LogP contribution in [0, 0.1) is 17.8 Å². The SMILES string of the molecule is COc1cc(-c2cccc(/C=C3\SC(N4CCOCC4)=NC3=O)c2)cc(C23CC4CC(CC(C4)C2)C3)c1. The first-order valence-electron chi connectivity index (χ1n) is 13.7. The molecule has 1 amide bonds. The van der Waals surface area contributed by atoms with Crippen LogP contribution in [0.1, 0.15) is 49.7 Å². The highest BCUT2D eigenvalue weighted by atomic mass is 32.2. The van der Waals surface area contributed by atoms with Gasteiger partial charge in [-0.1, -0.05) is 24.3 Å². The minimum Gasteiger partial charge on any atom is -0.497 e. The monoisotopic (exact) mass is 514 g/mol. The molecule has 6 heteroatoms. The van der Waals surface area contributed by atoms with Crippen LogP contribution in [0.15, 0.2) is 52.4 Å². The number of benzene rings is 2. The summed E-state index contributed by atoms with van der Waals surface area (Å²) in [5.41, 5.74) is 5.16. The van der Waals surface area contributed by atoms with E-state index in [0.29, 0.717) is 23.5 Å². The highest BCUT2D eigenvalue weighted by Gasteiger charge is 2.51. The molecule has 2 aromatic rings. The van der Waals surface area contributed by atoms with Crippen molar-refractivity contribution in [2.75, 3.05) is 33.4 Å². The standard InChI is InChI=1S/C31H34N2O3S/c1-35-27-15-25(14-26(16-27)31-17-21-9-22(18-31)11-23(10-21)19-31)24-4-2-3-20(12-24)13-28-29(34)32-30(37-28)33-5-7-36-8-6-33/h2-4,12-16,21-23H,5-11,17-19H2,1H3/b28-13-. The van der Waals surface area contributed by atoms with Crippen molar-refractivity contribution in [1.82, 2.24) is 4.90 Å². The molecule has 4 aliphatic carbocycles. The molecule has 2 heterocycles. The molecule has 4 bridgehead atoms. The van der Waals surface area contributed by atoms with Crippen LogP contribution in [-0.4, -0.2) is 49.4 Å². The van der Waals surface area contributed by atoms with Crippen molar-refractivity contribution in [3.05, 3.63) is 58.5 Å². The van der Waals surface area contributed by atoms with E-state index in [9.17, 15) is 4.79 Å². The highest BCUT2D eigenvalue weighted by Crippen LogP contribution is 2.61. The quantitative estimate of drug-likeness (QED) is 0.459. The van der Waals surface area contributed by atoms with E-state index in [4.69, 9.17) is 9.47 Å². The van der Waals surface area contributed by atoms with Gasteiger partial charge in [0.05, 0.1) is 25.2 Å². The average molecular weight is 515 g/mol. The van der Waals surface area contributed by atoms with Crippen molar-refractivity contribution in [1.29, 1.82) is 0 Å². The molecule has 0 radical (unpaired) electrons. The van der Waals surface area contributed by atoms with Gasteiger partial charge in [0, 0.05) is 13.1 Å². The molecule has 0 atom stereocenters. The fraction of sp³-hybridized carbons (Fsp3) is 0.484. The molecule has 1 saturated heterocycles.